The fraction of sp³-hybridized carbons (Fsp3) is 0.211. The van der Waals surface area contributed by atoms with Gasteiger partial charge in [-0.25, -0.2) is 13.8 Å². The van der Waals surface area contributed by atoms with Gasteiger partial charge in [-0.1, -0.05) is 12.1 Å². The van der Waals surface area contributed by atoms with Crippen LogP contribution in [0.15, 0.2) is 42.9 Å². The zero-order valence-electron chi connectivity index (χ0n) is 14.0. The van der Waals surface area contributed by atoms with Gasteiger partial charge in [-0.15, -0.1) is 0 Å². The van der Waals surface area contributed by atoms with Gasteiger partial charge in [-0.3, -0.25) is 9.78 Å². The Bertz CT molecular complexity index is 978. The first-order chi connectivity index (χ1) is 12.4. The van der Waals surface area contributed by atoms with Crippen LogP contribution in [0.25, 0.3) is 21.9 Å². The Morgan fingerprint density at radius 1 is 1.23 bits per heavy atom. The van der Waals surface area contributed by atoms with E-state index in [1.165, 1.54) is 6.20 Å². The molecule has 134 valence electrons. The van der Waals surface area contributed by atoms with Crippen LogP contribution in [0.4, 0.5) is 14.6 Å². The van der Waals surface area contributed by atoms with Crippen LogP contribution in [0.1, 0.15) is 12.0 Å². The quantitative estimate of drug-likeness (QED) is 0.729. The molecule has 1 aliphatic carbocycles. The maximum absolute atomic E-state index is 13.5. The molecule has 2 atom stereocenters. The van der Waals surface area contributed by atoms with Gasteiger partial charge in [0.25, 0.3) is 0 Å². The maximum atomic E-state index is 13.5. The van der Waals surface area contributed by atoms with Crippen molar-refractivity contribution in [2.24, 2.45) is 5.92 Å². The minimum absolute atomic E-state index is 0.218. The molecule has 1 aliphatic rings. The van der Waals surface area contributed by atoms with Crippen molar-refractivity contribution < 1.29 is 18.7 Å². The molecule has 0 saturated heterocycles. The molecule has 0 aliphatic heterocycles. The smallest absolute Gasteiger partial charge is 0.309 e. The molecule has 5 nitrogen and oxygen atoms in total. The Labute approximate surface area is 148 Å². The largest absolute Gasteiger partial charge is 0.481 e. The molecule has 1 aromatic carbocycles. The number of nitrogen functional groups attached to an aromatic ring is 1. The number of hydrogen-bond acceptors (Lipinski definition) is 4. The summed E-state index contributed by atoms with van der Waals surface area (Å²) in [5.41, 5.74) is 7.95. The molecule has 26 heavy (non-hydrogen) atoms. The summed E-state index contributed by atoms with van der Waals surface area (Å²) in [6.07, 6.45) is 3.77. The van der Waals surface area contributed by atoms with Crippen LogP contribution >= 0.6 is 0 Å². The lowest BCUT2D eigenvalue weighted by Gasteiger charge is -2.07. The fourth-order valence-corrected chi connectivity index (χ4v) is 2.54. The van der Waals surface area contributed by atoms with E-state index < -0.39 is 18.1 Å². The molecule has 0 radical (unpaired) electrons. The molecule has 2 aromatic heterocycles. The molecule has 1 fully saturated rings. The van der Waals surface area contributed by atoms with Gasteiger partial charge in [-0.05, 0) is 42.0 Å². The first-order valence-electron chi connectivity index (χ1n) is 7.99. The minimum atomic E-state index is -1.06. The van der Waals surface area contributed by atoms with Crippen molar-refractivity contribution >= 4 is 22.6 Å². The van der Waals surface area contributed by atoms with Gasteiger partial charge in [-0.2, -0.15) is 0 Å². The minimum Gasteiger partial charge on any atom is -0.481 e. The number of carboxylic acids is 1. The SMILES string of the molecule is Cc1c(F)cncc1-c1ccc2cc(N)ncc2c1.O=C(O)[C@@H]1C[C@@H]1F. The van der Waals surface area contributed by atoms with Crippen molar-refractivity contribution in [2.75, 3.05) is 5.73 Å². The van der Waals surface area contributed by atoms with Crippen LogP contribution in [0.2, 0.25) is 0 Å². The molecule has 0 spiro atoms. The van der Waals surface area contributed by atoms with Crippen LogP contribution in [-0.2, 0) is 4.79 Å². The van der Waals surface area contributed by atoms with Gasteiger partial charge in [0, 0.05) is 23.3 Å². The Morgan fingerprint density at radius 3 is 2.58 bits per heavy atom. The molecule has 7 heteroatoms. The molecule has 0 bridgehead atoms. The van der Waals surface area contributed by atoms with Crippen molar-refractivity contribution in [2.45, 2.75) is 19.5 Å². The number of fused-ring (bicyclic) bond motifs is 1. The van der Waals surface area contributed by atoms with Gasteiger partial charge in [0.1, 0.15) is 17.8 Å². The number of nitrogens with two attached hydrogens (primary N) is 1. The average molecular weight is 357 g/mol. The second-order valence-corrected chi connectivity index (χ2v) is 6.16. The summed E-state index contributed by atoms with van der Waals surface area (Å²) in [7, 11) is 0. The van der Waals surface area contributed by atoms with Gasteiger partial charge in [0.2, 0.25) is 0 Å². The number of carbonyl (C=O) groups is 1. The van der Waals surface area contributed by atoms with Crippen molar-refractivity contribution in [3.8, 4) is 11.1 Å². The van der Waals surface area contributed by atoms with Crippen LogP contribution < -0.4 is 5.73 Å². The van der Waals surface area contributed by atoms with E-state index in [1.807, 2.05) is 24.3 Å². The highest BCUT2D eigenvalue weighted by molar-refractivity contribution is 5.88. The highest BCUT2D eigenvalue weighted by Crippen LogP contribution is 2.33. The van der Waals surface area contributed by atoms with Gasteiger partial charge >= 0.3 is 5.97 Å². The summed E-state index contributed by atoms with van der Waals surface area (Å²) in [5, 5.41) is 9.96. The summed E-state index contributed by atoms with van der Waals surface area (Å²) < 4.78 is 25.2. The van der Waals surface area contributed by atoms with E-state index in [4.69, 9.17) is 10.8 Å². The van der Waals surface area contributed by atoms with E-state index in [2.05, 4.69) is 9.97 Å². The molecule has 0 amide bonds. The zero-order valence-corrected chi connectivity index (χ0v) is 14.0. The molecule has 1 saturated carbocycles. The van der Waals surface area contributed by atoms with E-state index in [-0.39, 0.29) is 12.2 Å². The number of anilines is 1. The third-order valence-corrected chi connectivity index (χ3v) is 4.24. The number of nitrogens with zero attached hydrogens (tertiary/aromatic N) is 2. The Hall–Kier alpha value is -3.09. The van der Waals surface area contributed by atoms with Crippen LogP contribution in [0.3, 0.4) is 0 Å². The van der Waals surface area contributed by atoms with E-state index >= 15 is 0 Å². The summed E-state index contributed by atoms with van der Waals surface area (Å²) >= 11 is 0. The average Bonchev–Trinajstić information content (AvgIpc) is 3.35. The Morgan fingerprint density at radius 2 is 1.96 bits per heavy atom. The van der Waals surface area contributed by atoms with Crippen molar-refractivity contribution in [3.63, 3.8) is 0 Å². The second kappa shape index (κ2) is 7.03. The van der Waals surface area contributed by atoms with E-state index in [0.717, 1.165) is 21.9 Å². The first-order valence-corrected chi connectivity index (χ1v) is 7.99. The predicted octanol–water partition coefficient (Wildman–Crippen LogP) is 3.76. The lowest BCUT2D eigenvalue weighted by atomic mass is 10.00. The third kappa shape index (κ3) is 3.77. The number of rotatable bonds is 2. The highest BCUT2D eigenvalue weighted by Gasteiger charge is 2.43. The summed E-state index contributed by atoms with van der Waals surface area (Å²) in [4.78, 5) is 17.7. The van der Waals surface area contributed by atoms with E-state index in [9.17, 15) is 13.6 Å². The topological polar surface area (TPSA) is 89.1 Å². The number of alkyl halides is 1. The van der Waals surface area contributed by atoms with Gasteiger partial charge in [0.15, 0.2) is 0 Å². The second-order valence-electron chi connectivity index (χ2n) is 6.16. The molecular formula is C19H17F2N3O2. The fourth-order valence-electron chi connectivity index (χ4n) is 2.54. The number of carboxylic acid groups (broad SMARTS) is 1. The van der Waals surface area contributed by atoms with Gasteiger partial charge < -0.3 is 10.8 Å². The molecule has 4 rings (SSSR count). The molecule has 3 N–H and O–H groups in total. The molecule has 3 aromatic rings. The molecular weight excluding hydrogens is 340 g/mol. The van der Waals surface area contributed by atoms with Crippen molar-refractivity contribution in [1.29, 1.82) is 0 Å². The van der Waals surface area contributed by atoms with Crippen LogP contribution in [-0.4, -0.2) is 27.2 Å². The molecule has 2 heterocycles. The number of pyridine rings is 2. The zero-order chi connectivity index (χ0) is 18.8. The number of hydrogen-bond donors (Lipinski definition) is 2. The summed E-state index contributed by atoms with van der Waals surface area (Å²) in [6.45, 7) is 1.75. The normalized spacial score (nSPS) is 18.1. The maximum Gasteiger partial charge on any atom is 0.309 e. The standard InChI is InChI=1S/C15H12FN3.C4H5FO2/c1-9-13(7-18-8-14(9)16)11-3-2-10-5-15(17)19-6-12(10)4-11;5-3-1-2(3)4(6)7/h2-8H,1H3,(H2,17,19);2-3H,1H2,(H,6,7)/t;2-,3+/m.1/s1. The third-order valence-electron chi connectivity index (χ3n) is 4.24. The lowest BCUT2D eigenvalue weighted by molar-refractivity contribution is -0.138. The Kier molecular flexibility index (Phi) is 4.79. The predicted molar refractivity (Wildman–Crippen MR) is 94.7 cm³/mol. The number of halogens is 2. The monoisotopic (exact) mass is 357 g/mol. The van der Waals surface area contributed by atoms with Crippen LogP contribution in [0, 0.1) is 18.7 Å². The number of aromatic nitrogens is 2. The highest BCUT2D eigenvalue weighted by atomic mass is 19.1. The number of benzene rings is 1. The van der Waals surface area contributed by atoms with Crippen LogP contribution in [0.5, 0.6) is 0 Å². The molecule has 0 unspecified atom stereocenters. The summed E-state index contributed by atoms with van der Waals surface area (Å²) in [6, 6.07) is 7.67. The Balaban J connectivity index is 0.000000236. The summed E-state index contributed by atoms with van der Waals surface area (Å²) in [5.74, 6) is -1.50. The van der Waals surface area contributed by atoms with Crippen molar-refractivity contribution in [3.05, 3.63) is 54.2 Å². The van der Waals surface area contributed by atoms with Gasteiger partial charge in [0.05, 0.1) is 12.1 Å². The van der Waals surface area contributed by atoms with E-state index in [0.29, 0.717) is 11.4 Å². The first kappa shape index (κ1) is 17.7. The van der Waals surface area contributed by atoms with Crippen molar-refractivity contribution in [1.82, 2.24) is 9.97 Å². The number of aliphatic carboxylic acids is 1. The lowest BCUT2D eigenvalue weighted by Crippen LogP contribution is -1.98. The van der Waals surface area contributed by atoms with E-state index in [1.54, 1.807) is 19.3 Å².